The maximum atomic E-state index is 8.28. The van der Waals surface area contributed by atoms with Crippen LogP contribution in [0.5, 0.6) is 0 Å². The summed E-state index contributed by atoms with van der Waals surface area (Å²) in [5.74, 6) is 0. The molecule has 0 aliphatic carbocycles. The van der Waals surface area contributed by atoms with Gasteiger partial charge in [0.15, 0.2) is 5.72 Å². The second kappa shape index (κ2) is 2.97. The lowest BCUT2D eigenvalue weighted by Crippen LogP contribution is -2.11. The van der Waals surface area contributed by atoms with E-state index in [0.717, 1.165) is 25.3 Å². The topological polar surface area (TPSA) is 61.0 Å². The molecule has 5 nitrogen and oxygen atoms in total. The summed E-state index contributed by atoms with van der Waals surface area (Å²) in [5.41, 5.74) is 9.92. The highest BCUT2D eigenvalue weighted by molar-refractivity contribution is 5.42. The molecule has 0 aromatic heterocycles. The SMILES string of the molecule is [N-]=[N+]=Nc1ccc(C23CN2CCO3)cc1. The molecule has 5 heteroatoms. The quantitative estimate of drug-likeness (QED) is 0.319. The minimum absolute atomic E-state index is 0.158. The van der Waals surface area contributed by atoms with Crippen LogP contribution in [0.2, 0.25) is 0 Å². The lowest BCUT2D eigenvalue weighted by Gasteiger charge is -2.11. The minimum Gasteiger partial charge on any atom is -0.353 e. The molecule has 0 amide bonds. The molecule has 0 bridgehead atoms. The van der Waals surface area contributed by atoms with Crippen molar-refractivity contribution in [3.05, 3.63) is 40.3 Å². The van der Waals surface area contributed by atoms with Crippen LogP contribution in [0, 0.1) is 0 Å². The van der Waals surface area contributed by atoms with Crippen molar-refractivity contribution in [3.63, 3.8) is 0 Å². The summed E-state index contributed by atoms with van der Waals surface area (Å²) in [6.45, 7) is 2.80. The summed E-state index contributed by atoms with van der Waals surface area (Å²) in [4.78, 5) is 5.03. The summed E-state index contributed by atoms with van der Waals surface area (Å²) >= 11 is 0. The Morgan fingerprint density at radius 1 is 1.40 bits per heavy atom. The minimum atomic E-state index is -0.158. The highest BCUT2D eigenvalue weighted by Gasteiger charge is 2.58. The van der Waals surface area contributed by atoms with Crippen molar-refractivity contribution in [1.82, 2.24) is 4.90 Å². The molecule has 2 aliphatic rings. The molecule has 2 fully saturated rings. The number of azide groups is 1. The van der Waals surface area contributed by atoms with Crippen LogP contribution in [0.15, 0.2) is 29.4 Å². The third-order valence-electron chi connectivity index (χ3n) is 2.99. The maximum absolute atomic E-state index is 8.28. The molecule has 2 saturated heterocycles. The summed E-state index contributed by atoms with van der Waals surface area (Å²) in [6, 6.07) is 7.58. The molecule has 2 heterocycles. The molecule has 0 radical (unpaired) electrons. The van der Waals surface area contributed by atoms with Crippen LogP contribution < -0.4 is 0 Å². The number of hydrogen-bond donors (Lipinski definition) is 0. The first-order valence-electron chi connectivity index (χ1n) is 4.90. The van der Waals surface area contributed by atoms with E-state index in [1.165, 1.54) is 0 Å². The van der Waals surface area contributed by atoms with Crippen molar-refractivity contribution in [2.24, 2.45) is 5.11 Å². The monoisotopic (exact) mass is 202 g/mol. The molecule has 15 heavy (non-hydrogen) atoms. The van der Waals surface area contributed by atoms with Gasteiger partial charge in [0.1, 0.15) is 0 Å². The van der Waals surface area contributed by atoms with E-state index in [1.807, 2.05) is 24.3 Å². The van der Waals surface area contributed by atoms with Gasteiger partial charge in [-0.3, -0.25) is 4.90 Å². The Morgan fingerprint density at radius 3 is 2.73 bits per heavy atom. The van der Waals surface area contributed by atoms with Crippen LogP contribution in [-0.4, -0.2) is 24.6 Å². The van der Waals surface area contributed by atoms with Crippen molar-refractivity contribution in [2.75, 3.05) is 19.7 Å². The molecule has 1 aromatic carbocycles. The van der Waals surface area contributed by atoms with Crippen LogP contribution >= 0.6 is 0 Å². The van der Waals surface area contributed by atoms with Crippen LogP contribution in [-0.2, 0) is 10.5 Å². The Labute approximate surface area is 86.9 Å². The molecule has 2 aliphatic heterocycles. The standard InChI is InChI=1S/C10H10N4O/c11-13-12-9-3-1-8(2-4-9)10-7-14(10)5-6-15-10/h1-4H,5-7H2. The largest absolute Gasteiger partial charge is 0.353 e. The summed E-state index contributed by atoms with van der Waals surface area (Å²) in [7, 11) is 0. The van der Waals surface area contributed by atoms with Crippen molar-refractivity contribution >= 4 is 5.69 Å². The second-order valence-electron chi connectivity index (χ2n) is 3.79. The fourth-order valence-electron chi connectivity index (χ4n) is 2.14. The van der Waals surface area contributed by atoms with Crippen molar-refractivity contribution in [3.8, 4) is 0 Å². The second-order valence-corrected chi connectivity index (χ2v) is 3.79. The zero-order valence-corrected chi connectivity index (χ0v) is 8.13. The zero-order valence-electron chi connectivity index (χ0n) is 8.13. The van der Waals surface area contributed by atoms with Gasteiger partial charge in [0.05, 0.1) is 6.61 Å². The molecule has 3 rings (SSSR count). The number of morpholine rings is 1. The number of benzene rings is 1. The molecule has 0 saturated carbocycles. The predicted molar refractivity (Wildman–Crippen MR) is 54.5 cm³/mol. The van der Waals surface area contributed by atoms with E-state index in [0.29, 0.717) is 5.69 Å². The van der Waals surface area contributed by atoms with Crippen molar-refractivity contribution in [2.45, 2.75) is 5.72 Å². The van der Waals surface area contributed by atoms with Crippen LogP contribution in [0.3, 0.4) is 0 Å². The Morgan fingerprint density at radius 2 is 2.20 bits per heavy atom. The Kier molecular flexibility index (Phi) is 1.73. The van der Waals surface area contributed by atoms with Gasteiger partial charge in [-0.25, -0.2) is 0 Å². The van der Waals surface area contributed by atoms with Gasteiger partial charge in [0, 0.05) is 29.3 Å². The van der Waals surface area contributed by atoms with Crippen LogP contribution in [0.4, 0.5) is 5.69 Å². The first-order chi connectivity index (χ1) is 7.35. The average Bonchev–Trinajstić information content (AvgIpc) is 2.83. The maximum Gasteiger partial charge on any atom is 0.160 e. The van der Waals surface area contributed by atoms with Crippen LogP contribution in [0.1, 0.15) is 5.56 Å². The Hall–Kier alpha value is -1.55. The smallest absolute Gasteiger partial charge is 0.160 e. The molecule has 0 spiro atoms. The van der Waals surface area contributed by atoms with Gasteiger partial charge in [-0.15, -0.1) is 0 Å². The Balaban J connectivity index is 1.91. The summed E-state index contributed by atoms with van der Waals surface area (Å²) < 4.78 is 5.72. The molecule has 76 valence electrons. The predicted octanol–water partition coefficient (Wildman–Crippen LogP) is 2.13. The molecule has 1 aromatic rings. The lowest BCUT2D eigenvalue weighted by molar-refractivity contribution is 0.0589. The van der Waals surface area contributed by atoms with E-state index in [-0.39, 0.29) is 5.72 Å². The van der Waals surface area contributed by atoms with Gasteiger partial charge >= 0.3 is 0 Å². The van der Waals surface area contributed by atoms with Gasteiger partial charge in [-0.2, -0.15) is 0 Å². The molecule has 2 atom stereocenters. The average molecular weight is 202 g/mol. The first-order valence-corrected chi connectivity index (χ1v) is 4.90. The first kappa shape index (κ1) is 8.73. The third kappa shape index (κ3) is 1.22. The molecular formula is C10H10N4O. The lowest BCUT2D eigenvalue weighted by atomic mass is 10.1. The summed E-state index contributed by atoms with van der Waals surface area (Å²) in [5, 5.41) is 3.54. The third-order valence-corrected chi connectivity index (χ3v) is 2.99. The van der Waals surface area contributed by atoms with Gasteiger partial charge in [-0.1, -0.05) is 29.4 Å². The van der Waals surface area contributed by atoms with E-state index in [4.69, 9.17) is 10.3 Å². The summed E-state index contributed by atoms with van der Waals surface area (Å²) in [6.07, 6.45) is 0. The van der Waals surface area contributed by atoms with Gasteiger partial charge in [-0.05, 0) is 5.53 Å². The fourth-order valence-corrected chi connectivity index (χ4v) is 2.14. The zero-order chi connectivity index (χ0) is 10.3. The van der Waals surface area contributed by atoms with E-state index in [2.05, 4.69) is 14.9 Å². The van der Waals surface area contributed by atoms with Crippen molar-refractivity contribution < 1.29 is 4.74 Å². The van der Waals surface area contributed by atoms with Gasteiger partial charge in [0.25, 0.3) is 0 Å². The van der Waals surface area contributed by atoms with E-state index in [9.17, 15) is 0 Å². The van der Waals surface area contributed by atoms with E-state index < -0.39 is 0 Å². The normalized spacial score (nSPS) is 31.9. The highest BCUT2D eigenvalue weighted by atomic mass is 16.5. The Bertz CT molecular complexity index is 437. The van der Waals surface area contributed by atoms with E-state index in [1.54, 1.807) is 0 Å². The van der Waals surface area contributed by atoms with E-state index >= 15 is 0 Å². The fraction of sp³-hybridized carbons (Fsp3) is 0.400. The molecule has 2 unspecified atom stereocenters. The van der Waals surface area contributed by atoms with Crippen LogP contribution in [0.25, 0.3) is 10.4 Å². The number of rotatable bonds is 2. The highest BCUT2D eigenvalue weighted by Crippen LogP contribution is 2.47. The number of fused-ring (bicyclic) bond motifs is 1. The number of ether oxygens (including phenoxy) is 1. The number of nitrogens with zero attached hydrogens (tertiary/aromatic N) is 4. The van der Waals surface area contributed by atoms with Crippen molar-refractivity contribution in [1.29, 1.82) is 0 Å². The number of hydrogen-bond acceptors (Lipinski definition) is 3. The van der Waals surface area contributed by atoms with Gasteiger partial charge in [0.2, 0.25) is 0 Å². The molecular weight excluding hydrogens is 192 g/mol. The molecule has 0 N–H and O–H groups in total. The van der Waals surface area contributed by atoms with Gasteiger partial charge < -0.3 is 4.74 Å².